The number of aliphatic carboxylic acids is 1. The minimum absolute atomic E-state index is 0.202. The molecule has 3 rings (SSSR count). The van der Waals surface area contributed by atoms with E-state index in [1.54, 1.807) is 18.2 Å². The molecule has 1 aliphatic rings. The third-order valence-corrected chi connectivity index (χ3v) is 4.62. The second-order valence-electron chi connectivity index (χ2n) is 6.62. The highest BCUT2D eigenvalue weighted by Gasteiger charge is 2.21. The Morgan fingerprint density at radius 1 is 1.27 bits per heavy atom. The van der Waals surface area contributed by atoms with Gasteiger partial charge < -0.3 is 20.3 Å². The van der Waals surface area contributed by atoms with Gasteiger partial charge in [-0.3, -0.25) is 9.59 Å². The molecule has 1 atom stereocenters. The summed E-state index contributed by atoms with van der Waals surface area (Å²) in [4.78, 5) is 27.0. The SMILES string of the molecule is CC(NC(=O)c1ncc2cc(OC3CCCCC3)ccc2c1O)C(=O)O. The fraction of sp³-hybridized carbons (Fsp3) is 0.421. The average molecular weight is 358 g/mol. The molecule has 1 saturated carbocycles. The molecule has 0 radical (unpaired) electrons. The number of hydrogen-bond donors (Lipinski definition) is 3. The number of aromatic nitrogens is 1. The zero-order valence-electron chi connectivity index (χ0n) is 14.6. The van der Waals surface area contributed by atoms with E-state index in [4.69, 9.17) is 9.84 Å². The number of ether oxygens (including phenoxy) is 1. The van der Waals surface area contributed by atoms with Gasteiger partial charge in [0.15, 0.2) is 11.4 Å². The number of hydrogen-bond acceptors (Lipinski definition) is 5. The minimum Gasteiger partial charge on any atom is -0.505 e. The predicted octanol–water partition coefficient (Wildman–Crippen LogP) is 2.85. The molecule has 0 bridgehead atoms. The fourth-order valence-electron chi connectivity index (χ4n) is 3.13. The van der Waals surface area contributed by atoms with Gasteiger partial charge in [0.2, 0.25) is 0 Å². The van der Waals surface area contributed by atoms with Gasteiger partial charge in [-0.15, -0.1) is 0 Å². The highest BCUT2D eigenvalue weighted by atomic mass is 16.5. The smallest absolute Gasteiger partial charge is 0.325 e. The van der Waals surface area contributed by atoms with Crippen molar-refractivity contribution in [3.8, 4) is 11.5 Å². The molecule has 1 fully saturated rings. The molecule has 0 saturated heterocycles. The van der Waals surface area contributed by atoms with Gasteiger partial charge >= 0.3 is 5.97 Å². The molecule has 1 aliphatic carbocycles. The quantitative estimate of drug-likeness (QED) is 0.758. The third-order valence-electron chi connectivity index (χ3n) is 4.62. The maximum atomic E-state index is 12.1. The van der Waals surface area contributed by atoms with E-state index in [1.807, 2.05) is 0 Å². The maximum Gasteiger partial charge on any atom is 0.325 e. The maximum absolute atomic E-state index is 12.1. The average Bonchev–Trinajstić information content (AvgIpc) is 2.62. The highest BCUT2D eigenvalue weighted by Crippen LogP contribution is 2.31. The number of pyridine rings is 1. The van der Waals surface area contributed by atoms with E-state index >= 15 is 0 Å². The van der Waals surface area contributed by atoms with Crippen molar-refractivity contribution < 1.29 is 24.5 Å². The minimum atomic E-state index is -1.16. The van der Waals surface area contributed by atoms with Gasteiger partial charge in [-0.05, 0) is 50.8 Å². The van der Waals surface area contributed by atoms with Gasteiger partial charge in [-0.1, -0.05) is 6.42 Å². The summed E-state index contributed by atoms with van der Waals surface area (Å²) in [5, 5.41) is 22.6. The number of carboxylic acids is 1. The van der Waals surface area contributed by atoms with Crippen LogP contribution in [0.4, 0.5) is 0 Å². The topological polar surface area (TPSA) is 109 Å². The van der Waals surface area contributed by atoms with Crippen LogP contribution < -0.4 is 10.1 Å². The zero-order chi connectivity index (χ0) is 18.7. The summed E-state index contributed by atoms with van der Waals surface area (Å²) in [7, 11) is 0. The van der Waals surface area contributed by atoms with Gasteiger partial charge in [-0.25, -0.2) is 4.98 Å². The van der Waals surface area contributed by atoms with Crippen LogP contribution in [0.3, 0.4) is 0 Å². The second-order valence-corrected chi connectivity index (χ2v) is 6.62. The molecule has 26 heavy (non-hydrogen) atoms. The highest BCUT2D eigenvalue weighted by molar-refractivity contribution is 6.02. The lowest BCUT2D eigenvalue weighted by Crippen LogP contribution is -2.38. The van der Waals surface area contributed by atoms with Gasteiger partial charge in [0.05, 0.1) is 6.10 Å². The molecule has 1 amide bonds. The molecule has 1 aromatic heterocycles. The molecular weight excluding hydrogens is 336 g/mol. The van der Waals surface area contributed by atoms with E-state index in [-0.39, 0.29) is 17.5 Å². The van der Waals surface area contributed by atoms with Crippen molar-refractivity contribution in [2.24, 2.45) is 0 Å². The van der Waals surface area contributed by atoms with E-state index in [0.29, 0.717) is 16.5 Å². The number of nitrogens with one attached hydrogen (secondary N) is 1. The molecule has 7 heteroatoms. The molecule has 7 nitrogen and oxygen atoms in total. The summed E-state index contributed by atoms with van der Waals surface area (Å²) in [5.74, 6) is -1.46. The number of carboxylic acid groups (broad SMARTS) is 1. The lowest BCUT2D eigenvalue weighted by atomic mass is 9.98. The first-order valence-electron chi connectivity index (χ1n) is 8.78. The summed E-state index contributed by atoms with van der Waals surface area (Å²) in [6.45, 7) is 1.34. The number of amides is 1. The van der Waals surface area contributed by atoms with Crippen LogP contribution in [0.15, 0.2) is 24.4 Å². The van der Waals surface area contributed by atoms with E-state index in [2.05, 4.69) is 10.3 Å². The lowest BCUT2D eigenvalue weighted by molar-refractivity contribution is -0.138. The van der Waals surface area contributed by atoms with Crippen LogP contribution in [0.1, 0.15) is 49.5 Å². The van der Waals surface area contributed by atoms with Crippen molar-refractivity contribution in [3.05, 3.63) is 30.1 Å². The van der Waals surface area contributed by atoms with Crippen molar-refractivity contribution in [1.82, 2.24) is 10.3 Å². The second kappa shape index (κ2) is 7.59. The largest absolute Gasteiger partial charge is 0.505 e. The number of nitrogens with zero attached hydrogens (tertiary/aromatic N) is 1. The molecule has 2 aromatic rings. The molecule has 0 aliphatic heterocycles. The first kappa shape index (κ1) is 18.0. The zero-order valence-corrected chi connectivity index (χ0v) is 14.6. The fourth-order valence-corrected chi connectivity index (χ4v) is 3.13. The van der Waals surface area contributed by atoms with Crippen LogP contribution in [0.2, 0.25) is 0 Å². The van der Waals surface area contributed by atoms with Crippen molar-refractivity contribution in [3.63, 3.8) is 0 Å². The van der Waals surface area contributed by atoms with Crippen molar-refractivity contribution in [1.29, 1.82) is 0 Å². The van der Waals surface area contributed by atoms with E-state index < -0.39 is 17.9 Å². The summed E-state index contributed by atoms with van der Waals surface area (Å²) < 4.78 is 6.01. The first-order chi connectivity index (χ1) is 12.5. The Bertz CT molecular complexity index is 830. The molecule has 1 aromatic carbocycles. The van der Waals surface area contributed by atoms with Crippen LogP contribution in [-0.2, 0) is 4.79 Å². The number of fused-ring (bicyclic) bond motifs is 1. The molecule has 0 spiro atoms. The summed E-state index contributed by atoms with van der Waals surface area (Å²) in [6.07, 6.45) is 7.38. The number of benzene rings is 1. The summed E-state index contributed by atoms with van der Waals surface area (Å²) in [5.41, 5.74) is -0.202. The van der Waals surface area contributed by atoms with E-state index in [1.165, 1.54) is 32.4 Å². The number of carbonyl (C=O) groups is 2. The van der Waals surface area contributed by atoms with Gasteiger partial charge in [0, 0.05) is 17.0 Å². The molecule has 1 unspecified atom stereocenters. The monoisotopic (exact) mass is 358 g/mol. The normalized spacial score (nSPS) is 16.2. The Hall–Kier alpha value is -2.83. The van der Waals surface area contributed by atoms with Gasteiger partial charge in [0.1, 0.15) is 11.8 Å². The Morgan fingerprint density at radius 3 is 2.69 bits per heavy atom. The molecule has 1 heterocycles. The van der Waals surface area contributed by atoms with Crippen LogP contribution >= 0.6 is 0 Å². The lowest BCUT2D eigenvalue weighted by Gasteiger charge is -2.23. The Labute approximate surface area is 151 Å². The van der Waals surface area contributed by atoms with E-state index in [0.717, 1.165) is 12.8 Å². The van der Waals surface area contributed by atoms with Gasteiger partial charge in [-0.2, -0.15) is 0 Å². The van der Waals surface area contributed by atoms with E-state index in [9.17, 15) is 14.7 Å². The Morgan fingerprint density at radius 2 is 2.00 bits per heavy atom. The molecular formula is C19H22N2O5. The Kier molecular flexibility index (Phi) is 5.25. The van der Waals surface area contributed by atoms with Crippen LogP contribution in [0.5, 0.6) is 11.5 Å². The van der Waals surface area contributed by atoms with Crippen LogP contribution in [0.25, 0.3) is 10.8 Å². The molecule has 3 N–H and O–H groups in total. The van der Waals surface area contributed by atoms with Gasteiger partial charge in [0.25, 0.3) is 5.91 Å². The first-order valence-corrected chi connectivity index (χ1v) is 8.78. The van der Waals surface area contributed by atoms with Crippen molar-refractivity contribution in [2.45, 2.75) is 51.2 Å². The standard InChI is InChI=1S/C19H22N2O5/c1-11(19(24)25)21-18(23)16-17(22)15-8-7-14(9-12(15)10-20-16)26-13-5-3-2-4-6-13/h7-11,13,22H,2-6H2,1H3,(H,21,23)(H,24,25). The summed E-state index contributed by atoms with van der Waals surface area (Å²) in [6, 6.07) is 4.16. The summed E-state index contributed by atoms with van der Waals surface area (Å²) >= 11 is 0. The number of carbonyl (C=O) groups excluding carboxylic acids is 1. The van der Waals surface area contributed by atoms with Crippen molar-refractivity contribution in [2.75, 3.05) is 0 Å². The van der Waals surface area contributed by atoms with Crippen LogP contribution in [0, 0.1) is 0 Å². The third kappa shape index (κ3) is 3.87. The molecule has 138 valence electrons. The van der Waals surface area contributed by atoms with Crippen molar-refractivity contribution >= 4 is 22.6 Å². The number of aromatic hydroxyl groups is 1. The number of rotatable bonds is 5. The predicted molar refractivity (Wildman–Crippen MR) is 95.5 cm³/mol. The van der Waals surface area contributed by atoms with Crippen LogP contribution in [-0.4, -0.2) is 39.2 Å². The Balaban J connectivity index is 1.81.